The summed E-state index contributed by atoms with van der Waals surface area (Å²) >= 11 is 1.45. The summed E-state index contributed by atoms with van der Waals surface area (Å²) in [5, 5.41) is 0. The molecule has 1 heterocycles. The summed E-state index contributed by atoms with van der Waals surface area (Å²) < 4.78 is 19.5. The summed E-state index contributed by atoms with van der Waals surface area (Å²) in [4.78, 5) is 17.6. The highest BCUT2D eigenvalue weighted by Gasteiger charge is 2.15. The number of ether oxygens (including phenoxy) is 3. The fourth-order valence-corrected chi connectivity index (χ4v) is 3.81. The molecule has 0 radical (unpaired) electrons. The van der Waals surface area contributed by atoms with Crippen LogP contribution in [-0.2, 0) is 16.1 Å². The van der Waals surface area contributed by atoms with Gasteiger partial charge in [0, 0.05) is 13.2 Å². The number of carbonyl (C=O) groups excluding carboxylic acids is 1. The normalized spacial score (nSPS) is 12.9. The van der Waals surface area contributed by atoms with Gasteiger partial charge in [0.15, 0.2) is 10.9 Å². The lowest BCUT2D eigenvalue weighted by Gasteiger charge is -2.11. The van der Waals surface area contributed by atoms with Gasteiger partial charge in [-0.2, -0.15) is 4.99 Å². The molecule has 0 aliphatic heterocycles. The molecule has 0 aliphatic carbocycles. The number of methoxy groups -OCH3 is 1. The molecule has 148 valence electrons. The predicted molar refractivity (Wildman–Crippen MR) is 110 cm³/mol. The molecular weight excluding hydrogens is 376 g/mol. The second-order valence-corrected chi connectivity index (χ2v) is 7.10. The molecule has 0 aliphatic rings. The zero-order valence-electron chi connectivity index (χ0n) is 16.3. The number of thiazole rings is 1. The highest BCUT2D eigenvalue weighted by molar-refractivity contribution is 7.16. The molecule has 6 nitrogen and oxygen atoms in total. The van der Waals surface area contributed by atoms with E-state index in [0.29, 0.717) is 30.3 Å². The van der Waals surface area contributed by atoms with Crippen LogP contribution in [0.1, 0.15) is 13.8 Å². The van der Waals surface area contributed by atoms with Crippen LogP contribution in [0.25, 0.3) is 10.2 Å². The SMILES string of the molecule is CCOCCn1c(=NC(=O)C(C)Oc2ccccc2)sc2cc(OC)ccc21. The van der Waals surface area contributed by atoms with Crippen molar-refractivity contribution in [3.63, 3.8) is 0 Å². The molecule has 3 aromatic rings. The molecule has 0 fully saturated rings. The van der Waals surface area contributed by atoms with E-state index in [1.165, 1.54) is 11.3 Å². The molecule has 3 rings (SSSR count). The van der Waals surface area contributed by atoms with Gasteiger partial charge in [0.25, 0.3) is 5.91 Å². The smallest absolute Gasteiger partial charge is 0.289 e. The van der Waals surface area contributed by atoms with Crippen LogP contribution in [0.15, 0.2) is 53.5 Å². The van der Waals surface area contributed by atoms with Gasteiger partial charge in [0.05, 0.1) is 23.9 Å². The van der Waals surface area contributed by atoms with E-state index in [4.69, 9.17) is 14.2 Å². The molecule has 0 N–H and O–H groups in total. The van der Waals surface area contributed by atoms with E-state index in [1.807, 2.05) is 60.0 Å². The highest BCUT2D eigenvalue weighted by Crippen LogP contribution is 2.23. The second-order valence-electron chi connectivity index (χ2n) is 6.09. The van der Waals surface area contributed by atoms with Crippen molar-refractivity contribution in [2.24, 2.45) is 4.99 Å². The Labute approximate surface area is 168 Å². The Morgan fingerprint density at radius 3 is 2.68 bits per heavy atom. The van der Waals surface area contributed by atoms with Gasteiger partial charge >= 0.3 is 0 Å². The van der Waals surface area contributed by atoms with Crippen molar-refractivity contribution >= 4 is 27.5 Å². The van der Waals surface area contributed by atoms with Gasteiger partial charge in [-0.05, 0) is 44.2 Å². The molecule has 0 saturated carbocycles. The Morgan fingerprint density at radius 1 is 1.18 bits per heavy atom. The number of aromatic nitrogens is 1. The number of fused-ring (bicyclic) bond motifs is 1. The van der Waals surface area contributed by atoms with Crippen LogP contribution in [0.2, 0.25) is 0 Å². The van der Waals surface area contributed by atoms with Crippen molar-refractivity contribution in [2.75, 3.05) is 20.3 Å². The Kier molecular flexibility index (Phi) is 6.84. The zero-order valence-corrected chi connectivity index (χ0v) is 17.1. The van der Waals surface area contributed by atoms with Gasteiger partial charge < -0.3 is 18.8 Å². The number of carbonyl (C=O) groups is 1. The van der Waals surface area contributed by atoms with Gasteiger partial charge in [0.1, 0.15) is 11.5 Å². The number of benzene rings is 2. The molecular formula is C21H24N2O4S. The van der Waals surface area contributed by atoms with E-state index in [-0.39, 0.29) is 5.91 Å². The maximum absolute atomic E-state index is 12.6. The molecule has 7 heteroatoms. The first kappa shape index (κ1) is 20.1. The molecule has 1 atom stereocenters. The maximum Gasteiger partial charge on any atom is 0.289 e. The van der Waals surface area contributed by atoms with Gasteiger partial charge in [-0.25, -0.2) is 0 Å². The number of hydrogen-bond acceptors (Lipinski definition) is 5. The Morgan fingerprint density at radius 2 is 1.96 bits per heavy atom. The fourth-order valence-electron chi connectivity index (χ4n) is 2.72. The van der Waals surface area contributed by atoms with Crippen molar-refractivity contribution in [1.29, 1.82) is 0 Å². The number of amides is 1. The van der Waals surface area contributed by atoms with Crippen LogP contribution in [-0.4, -0.2) is 36.9 Å². The van der Waals surface area contributed by atoms with Crippen molar-refractivity contribution in [3.8, 4) is 11.5 Å². The number of para-hydroxylation sites is 1. The monoisotopic (exact) mass is 400 g/mol. The van der Waals surface area contributed by atoms with Crippen LogP contribution in [0.5, 0.6) is 11.5 Å². The van der Waals surface area contributed by atoms with E-state index in [9.17, 15) is 4.79 Å². The maximum atomic E-state index is 12.6. The number of nitrogens with zero attached hydrogens (tertiary/aromatic N) is 2. The summed E-state index contributed by atoms with van der Waals surface area (Å²) in [6.07, 6.45) is -0.678. The van der Waals surface area contributed by atoms with Crippen molar-refractivity contribution in [1.82, 2.24) is 4.57 Å². The summed E-state index contributed by atoms with van der Waals surface area (Å²) in [7, 11) is 1.63. The number of hydrogen-bond donors (Lipinski definition) is 0. The molecule has 0 bridgehead atoms. The van der Waals surface area contributed by atoms with Crippen molar-refractivity contribution in [2.45, 2.75) is 26.5 Å². The molecule has 0 spiro atoms. The average Bonchev–Trinajstić information content (AvgIpc) is 3.05. The van der Waals surface area contributed by atoms with Gasteiger partial charge in [-0.1, -0.05) is 29.5 Å². The first-order valence-electron chi connectivity index (χ1n) is 9.17. The van der Waals surface area contributed by atoms with Crippen molar-refractivity contribution < 1.29 is 19.0 Å². The third kappa shape index (κ3) is 4.79. The lowest BCUT2D eigenvalue weighted by Crippen LogP contribution is -2.26. The van der Waals surface area contributed by atoms with Crippen molar-refractivity contribution in [3.05, 3.63) is 53.3 Å². The minimum absolute atomic E-state index is 0.326. The zero-order chi connectivity index (χ0) is 19.9. The van der Waals surface area contributed by atoms with Crippen LogP contribution < -0.4 is 14.3 Å². The second kappa shape index (κ2) is 9.52. The van der Waals surface area contributed by atoms with Crippen LogP contribution in [0.3, 0.4) is 0 Å². The lowest BCUT2D eigenvalue weighted by molar-refractivity contribution is -0.124. The summed E-state index contributed by atoms with van der Waals surface area (Å²) in [5.74, 6) is 1.08. The van der Waals surface area contributed by atoms with E-state index < -0.39 is 6.10 Å². The quantitative estimate of drug-likeness (QED) is 0.542. The van der Waals surface area contributed by atoms with Gasteiger partial charge in [-0.15, -0.1) is 0 Å². The third-order valence-corrected chi connectivity index (χ3v) is 5.20. The highest BCUT2D eigenvalue weighted by atomic mass is 32.1. The van der Waals surface area contributed by atoms with Crippen LogP contribution >= 0.6 is 11.3 Å². The largest absolute Gasteiger partial charge is 0.497 e. The Bertz CT molecular complexity index is 995. The third-order valence-electron chi connectivity index (χ3n) is 4.16. The Balaban J connectivity index is 1.92. The van der Waals surface area contributed by atoms with E-state index >= 15 is 0 Å². The number of rotatable bonds is 8. The molecule has 1 aromatic heterocycles. The fraction of sp³-hybridized carbons (Fsp3) is 0.333. The molecule has 2 aromatic carbocycles. The summed E-state index contributed by atoms with van der Waals surface area (Å²) in [5.41, 5.74) is 0.994. The van der Waals surface area contributed by atoms with Crippen LogP contribution in [0.4, 0.5) is 0 Å². The Hall–Kier alpha value is -2.64. The molecule has 1 amide bonds. The van der Waals surface area contributed by atoms with Gasteiger partial charge in [-0.3, -0.25) is 4.79 Å². The van der Waals surface area contributed by atoms with Gasteiger partial charge in [0.2, 0.25) is 0 Å². The lowest BCUT2D eigenvalue weighted by atomic mass is 10.3. The van der Waals surface area contributed by atoms with E-state index in [1.54, 1.807) is 14.0 Å². The van der Waals surface area contributed by atoms with Crippen LogP contribution in [0, 0.1) is 0 Å². The minimum atomic E-state index is -0.678. The molecule has 0 saturated heterocycles. The minimum Gasteiger partial charge on any atom is -0.497 e. The predicted octanol–water partition coefficient (Wildman–Crippen LogP) is 3.64. The summed E-state index contributed by atoms with van der Waals surface area (Å²) in [6, 6.07) is 15.1. The molecule has 1 unspecified atom stereocenters. The standard InChI is InChI=1S/C21H24N2O4S/c1-4-26-13-12-23-18-11-10-17(25-3)14-19(18)28-21(23)22-20(24)15(2)27-16-8-6-5-7-9-16/h5-11,14-15H,4,12-13H2,1-3H3. The van der Waals surface area contributed by atoms with E-state index in [0.717, 1.165) is 16.0 Å². The van der Waals surface area contributed by atoms with E-state index in [2.05, 4.69) is 4.99 Å². The topological polar surface area (TPSA) is 62.1 Å². The average molecular weight is 401 g/mol. The summed E-state index contributed by atoms with van der Waals surface area (Å²) in [6.45, 7) is 5.47. The molecule has 28 heavy (non-hydrogen) atoms. The first-order chi connectivity index (χ1) is 13.6. The first-order valence-corrected chi connectivity index (χ1v) is 9.99.